The molecule has 88 valence electrons. The van der Waals surface area contributed by atoms with Gasteiger partial charge in [0.05, 0.1) is 11.9 Å². The highest BCUT2D eigenvalue weighted by Crippen LogP contribution is 2.32. The van der Waals surface area contributed by atoms with E-state index in [0.717, 1.165) is 36.5 Å². The summed E-state index contributed by atoms with van der Waals surface area (Å²) in [7, 11) is 0. The molecule has 2 aromatic rings. The number of imidazole rings is 1. The van der Waals surface area contributed by atoms with Gasteiger partial charge < -0.3 is 10.3 Å². The van der Waals surface area contributed by atoms with Crippen molar-refractivity contribution in [2.75, 3.05) is 0 Å². The molecule has 2 N–H and O–H groups in total. The van der Waals surface area contributed by atoms with Crippen LogP contribution in [0.3, 0.4) is 0 Å². The third-order valence-corrected chi connectivity index (χ3v) is 3.40. The van der Waals surface area contributed by atoms with Crippen LogP contribution in [0.25, 0.3) is 11.5 Å². The molecule has 2 aromatic heterocycles. The van der Waals surface area contributed by atoms with Crippen LogP contribution in [0.4, 0.5) is 0 Å². The maximum atomic E-state index is 6.16. The van der Waals surface area contributed by atoms with Crippen molar-refractivity contribution in [3.05, 3.63) is 35.2 Å². The SMILES string of the molecule is NC1CCCc2c(Cl)nc(-c3ccccn3)n21. The summed E-state index contributed by atoms with van der Waals surface area (Å²) in [5.74, 6) is 0.776. The highest BCUT2D eigenvalue weighted by Gasteiger charge is 2.24. The Morgan fingerprint density at radius 3 is 3.06 bits per heavy atom. The van der Waals surface area contributed by atoms with E-state index in [4.69, 9.17) is 17.3 Å². The predicted octanol–water partition coefficient (Wildman–Crippen LogP) is 2.39. The highest BCUT2D eigenvalue weighted by molar-refractivity contribution is 6.30. The number of rotatable bonds is 1. The average Bonchev–Trinajstić information content (AvgIpc) is 2.70. The van der Waals surface area contributed by atoms with Crippen molar-refractivity contribution >= 4 is 11.6 Å². The van der Waals surface area contributed by atoms with E-state index in [-0.39, 0.29) is 6.17 Å². The second-order valence-electron chi connectivity index (χ2n) is 4.22. The molecular formula is C12H13ClN4. The van der Waals surface area contributed by atoms with Gasteiger partial charge in [-0.2, -0.15) is 0 Å². The summed E-state index contributed by atoms with van der Waals surface area (Å²) in [5.41, 5.74) is 7.99. The zero-order chi connectivity index (χ0) is 11.8. The normalized spacial score (nSPS) is 19.1. The molecule has 1 aliphatic rings. The first kappa shape index (κ1) is 10.7. The number of aromatic nitrogens is 3. The second-order valence-corrected chi connectivity index (χ2v) is 4.58. The van der Waals surface area contributed by atoms with Crippen molar-refractivity contribution in [2.24, 2.45) is 5.73 Å². The van der Waals surface area contributed by atoms with Crippen LogP contribution in [-0.4, -0.2) is 14.5 Å². The Kier molecular flexibility index (Phi) is 2.61. The zero-order valence-electron chi connectivity index (χ0n) is 9.31. The molecule has 17 heavy (non-hydrogen) atoms. The lowest BCUT2D eigenvalue weighted by Crippen LogP contribution is -2.25. The highest BCUT2D eigenvalue weighted by atomic mass is 35.5. The number of hydrogen-bond donors (Lipinski definition) is 1. The molecular weight excluding hydrogens is 236 g/mol. The number of pyridine rings is 1. The second kappa shape index (κ2) is 4.13. The van der Waals surface area contributed by atoms with E-state index in [0.29, 0.717) is 5.15 Å². The summed E-state index contributed by atoms with van der Waals surface area (Å²) in [5, 5.41) is 0.556. The molecule has 0 fully saturated rings. The van der Waals surface area contributed by atoms with Crippen molar-refractivity contribution in [3.63, 3.8) is 0 Å². The van der Waals surface area contributed by atoms with E-state index in [2.05, 4.69) is 9.97 Å². The Morgan fingerprint density at radius 1 is 1.41 bits per heavy atom. The van der Waals surface area contributed by atoms with Crippen molar-refractivity contribution < 1.29 is 0 Å². The molecule has 0 saturated heterocycles. The average molecular weight is 249 g/mol. The number of nitrogens with zero attached hydrogens (tertiary/aromatic N) is 3. The fraction of sp³-hybridized carbons (Fsp3) is 0.333. The maximum absolute atomic E-state index is 6.16. The first-order valence-electron chi connectivity index (χ1n) is 5.71. The van der Waals surface area contributed by atoms with E-state index in [1.165, 1.54) is 0 Å². The third kappa shape index (κ3) is 1.73. The van der Waals surface area contributed by atoms with Crippen LogP contribution >= 0.6 is 11.6 Å². The molecule has 0 bridgehead atoms. The van der Waals surface area contributed by atoms with Crippen molar-refractivity contribution in [3.8, 4) is 11.5 Å². The standard InChI is InChI=1S/C12H13ClN4/c13-11-9-5-3-6-10(14)17(9)12(16-11)8-4-1-2-7-15-8/h1-2,4,7,10H,3,5-6,14H2. The summed E-state index contributed by atoms with van der Waals surface area (Å²) >= 11 is 6.16. The fourth-order valence-corrected chi connectivity index (χ4v) is 2.57. The number of halogens is 1. The molecule has 1 aliphatic heterocycles. The quantitative estimate of drug-likeness (QED) is 0.843. The summed E-state index contributed by atoms with van der Waals surface area (Å²) in [6.45, 7) is 0. The molecule has 0 spiro atoms. The van der Waals surface area contributed by atoms with Gasteiger partial charge in [-0.3, -0.25) is 4.98 Å². The van der Waals surface area contributed by atoms with Crippen molar-refractivity contribution in [2.45, 2.75) is 25.4 Å². The van der Waals surface area contributed by atoms with E-state index in [1.54, 1.807) is 6.20 Å². The third-order valence-electron chi connectivity index (χ3n) is 3.10. The number of hydrogen-bond acceptors (Lipinski definition) is 3. The minimum atomic E-state index is -0.0456. The fourth-order valence-electron chi connectivity index (χ4n) is 2.30. The largest absolute Gasteiger partial charge is 0.311 e. The van der Waals surface area contributed by atoms with Crippen LogP contribution in [0.2, 0.25) is 5.15 Å². The Hall–Kier alpha value is -1.39. The molecule has 5 heteroatoms. The Balaban J connectivity index is 2.18. The molecule has 0 aliphatic carbocycles. The molecule has 0 amide bonds. The summed E-state index contributed by atoms with van der Waals surface area (Å²) in [6, 6.07) is 5.74. The molecule has 0 saturated carbocycles. The summed E-state index contributed by atoms with van der Waals surface area (Å²) in [6.07, 6.45) is 4.66. The summed E-state index contributed by atoms with van der Waals surface area (Å²) in [4.78, 5) is 8.71. The predicted molar refractivity (Wildman–Crippen MR) is 66.6 cm³/mol. The minimum Gasteiger partial charge on any atom is -0.311 e. The van der Waals surface area contributed by atoms with Gasteiger partial charge in [0.15, 0.2) is 11.0 Å². The van der Waals surface area contributed by atoms with Crippen LogP contribution < -0.4 is 5.73 Å². The first-order chi connectivity index (χ1) is 8.27. The lowest BCUT2D eigenvalue weighted by Gasteiger charge is -2.23. The van der Waals surface area contributed by atoms with Crippen molar-refractivity contribution in [1.29, 1.82) is 0 Å². The van der Waals surface area contributed by atoms with Gasteiger partial charge in [-0.25, -0.2) is 4.98 Å². The van der Waals surface area contributed by atoms with Gasteiger partial charge in [-0.05, 0) is 31.4 Å². The molecule has 0 radical (unpaired) electrons. The van der Waals surface area contributed by atoms with Crippen LogP contribution in [0, 0.1) is 0 Å². The van der Waals surface area contributed by atoms with Crippen LogP contribution in [-0.2, 0) is 6.42 Å². The van der Waals surface area contributed by atoms with Gasteiger partial charge in [0.2, 0.25) is 0 Å². The maximum Gasteiger partial charge on any atom is 0.161 e. The minimum absolute atomic E-state index is 0.0456. The summed E-state index contributed by atoms with van der Waals surface area (Å²) < 4.78 is 2.02. The van der Waals surface area contributed by atoms with E-state index in [9.17, 15) is 0 Å². The molecule has 0 aromatic carbocycles. The van der Waals surface area contributed by atoms with Gasteiger partial charge >= 0.3 is 0 Å². The Labute approximate surface area is 104 Å². The number of fused-ring (bicyclic) bond motifs is 1. The lowest BCUT2D eigenvalue weighted by molar-refractivity contribution is 0.417. The van der Waals surface area contributed by atoms with Crippen LogP contribution in [0.1, 0.15) is 24.7 Å². The van der Waals surface area contributed by atoms with E-state index in [1.807, 2.05) is 22.8 Å². The molecule has 3 heterocycles. The molecule has 1 atom stereocenters. The topological polar surface area (TPSA) is 56.7 Å². The van der Waals surface area contributed by atoms with E-state index >= 15 is 0 Å². The van der Waals surface area contributed by atoms with Gasteiger partial charge in [-0.15, -0.1) is 0 Å². The van der Waals surface area contributed by atoms with E-state index < -0.39 is 0 Å². The smallest absolute Gasteiger partial charge is 0.161 e. The Bertz CT molecular complexity index is 535. The Morgan fingerprint density at radius 2 is 2.29 bits per heavy atom. The van der Waals surface area contributed by atoms with Crippen LogP contribution in [0.5, 0.6) is 0 Å². The van der Waals surface area contributed by atoms with Crippen LogP contribution in [0.15, 0.2) is 24.4 Å². The van der Waals surface area contributed by atoms with Gasteiger partial charge in [0.1, 0.15) is 5.69 Å². The van der Waals surface area contributed by atoms with Gasteiger partial charge in [-0.1, -0.05) is 17.7 Å². The van der Waals surface area contributed by atoms with Gasteiger partial charge in [0, 0.05) is 6.20 Å². The lowest BCUT2D eigenvalue weighted by atomic mass is 10.1. The molecule has 3 rings (SSSR count). The molecule has 4 nitrogen and oxygen atoms in total. The van der Waals surface area contributed by atoms with Crippen molar-refractivity contribution in [1.82, 2.24) is 14.5 Å². The molecule has 1 unspecified atom stereocenters. The monoisotopic (exact) mass is 248 g/mol. The first-order valence-corrected chi connectivity index (χ1v) is 6.09. The zero-order valence-corrected chi connectivity index (χ0v) is 10.1. The van der Waals surface area contributed by atoms with Gasteiger partial charge in [0.25, 0.3) is 0 Å². The number of nitrogens with two attached hydrogens (primary N) is 1.